The number of anilines is 2. The molecule has 0 spiro atoms. The second-order valence-electron chi connectivity index (χ2n) is 6.11. The van der Waals surface area contributed by atoms with Crippen LogP contribution < -0.4 is 14.4 Å². The van der Waals surface area contributed by atoms with Crippen LogP contribution in [0.2, 0.25) is 0 Å². The van der Waals surface area contributed by atoms with E-state index in [0.29, 0.717) is 28.0 Å². The number of fused-ring (bicyclic) bond motifs is 1. The van der Waals surface area contributed by atoms with Gasteiger partial charge in [-0.2, -0.15) is 0 Å². The molecular weight excluding hydrogens is 400 g/mol. The van der Waals surface area contributed by atoms with E-state index in [9.17, 15) is 13.2 Å². The average molecular weight is 416 g/mol. The van der Waals surface area contributed by atoms with Crippen LogP contribution in [-0.4, -0.2) is 43.2 Å². The number of aromatic nitrogens is 2. The van der Waals surface area contributed by atoms with Gasteiger partial charge in [-0.15, -0.1) is 11.3 Å². The molecule has 0 fully saturated rings. The Morgan fingerprint density at radius 3 is 2.75 bits per heavy atom. The van der Waals surface area contributed by atoms with Gasteiger partial charge in [0.25, 0.3) is 5.91 Å². The molecule has 3 heterocycles. The Balaban J connectivity index is 1.54. The van der Waals surface area contributed by atoms with Crippen molar-refractivity contribution in [2.45, 2.75) is 6.10 Å². The van der Waals surface area contributed by atoms with Crippen molar-refractivity contribution in [3.8, 4) is 17.1 Å². The van der Waals surface area contributed by atoms with Crippen LogP contribution in [0.25, 0.3) is 11.4 Å². The fourth-order valence-electron chi connectivity index (χ4n) is 2.80. The number of hydrogen-bond acceptors (Lipinski definition) is 7. The summed E-state index contributed by atoms with van der Waals surface area (Å²) in [5.74, 6) is -0.127. The molecule has 1 atom stereocenters. The molecule has 3 aromatic rings. The highest BCUT2D eigenvalue weighted by molar-refractivity contribution is 7.92. The summed E-state index contributed by atoms with van der Waals surface area (Å²) in [6.07, 6.45) is 1.77. The van der Waals surface area contributed by atoms with Crippen molar-refractivity contribution in [1.29, 1.82) is 0 Å². The molecule has 10 heteroatoms. The van der Waals surface area contributed by atoms with E-state index in [4.69, 9.17) is 4.74 Å². The van der Waals surface area contributed by atoms with Crippen molar-refractivity contribution in [3.63, 3.8) is 0 Å². The third kappa shape index (κ3) is 3.69. The monoisotopic (exact) mass is 416 g/mol. The standard InChI is InChI=1S/C18H16N4O4S2/c1-28(24,25)22-10-16(26-15-8-3-2-7-14(15)22)17(23)21-18-20-13(11-27-18)12-6-4-5-9-19-12/h2-9,11,16H,10H2,1H3,(H,20,21,23)/t16-/m1/s1. The van der Waals surface area contributed by atoms with Crippen LogP contribution in [0.15, 0.2) is 54.0 Å². The average Bonchev–Trinajstić information content (AvgIpc) is 3.15. The maximum atomic E-state index is 12.7. The fourth-order valence-corrected chi connectivity index (χ4v) is 4.42. The number of thiazole rings is 1. The Hall–Kier alpha value is -2.98. The minimum absolute atomic E-state index is 0.111. The SMILES string of the molecule is CS(=O)(=O)N1C[C@H](C(=O)Nc2nc(-c3ccccn3)cs2)Oc2ccccc21. The van der Waals surface area contributed by atoms with Crippen LogP contribution in [0.3, 0.4) is 0 Å². The molecule has 0 saturated carbocycles. The molecular formula is C18H16N4O4S2. The summed E-state index contributed by atoms with van der Waals surface area (Å²) < 4.78 is 31.2. The van der Waals surface area contributed by atoms with Crippen LogP contribution in [-0.2, 0) is 14.8 Å². The normalized spacial score (nSPS) is 16.2. The van der Waals surface area contributed by atoms with E-state index in [2.05, 4.69) is 15.3 Å². The second-order valence-corrected chi connectivity index (χ2v) is 8.88. The maximum Gasteiger partial charge on any atom is 0.269 e. The molecule has 28 heavy (non-hydrogen) atoms. The van der Waals surface area contributed by atoms with Crippen molar-refractivity contribution in [1.82, 2.24) is 9.97 Å². The molecule has 1 amide bonds. The van der Waals surface area contributed by atoms with Gasteiger partial charge < -0.3 is 4.74 Å². The van der Waals surface area contributed by atoms with Gasteiger partial charge in [-0.3, -0.25) is 19.4 Å². The number of hydrogen-bond donors (Lipinski definition) is 1. The molecule has 144 valence electrons. The first-order valence-corrected chi connectivity index (χ1v) is 11.1. The Kier molecular flexibility index (Phi) is 4.73. The van der Waals surface area contributed by atoms with Crippen molar-refractivity contribution < 1.29 is 17.9 Å². The zero-order chi connectivity index (χ0) is 19.7. The van der Waals surface area contributed by atoms with E-state index in [1.807, 2.05) is 18.2 Å². The molecule has 1 aromatic carbocycles. The second kappa shape index (κ2) is 7.21. The lowest BCUT2D eigenvalue weighted by Crippen LogP contribution is -2.48. The van der Waals surface area contributed by atoms with Gasteiger partial charge in [0.15, 0.2) is 11.2 Å². The van der Waals surface area contributed by atoms with E-state index < -0.39 is 22.0 Å². The van der Waals surface area contributed by atoms with Crippen LogP contribution in [0.4, 0.5) is 10.8 Å². The highest BCUT2D eigenvalue weighted by atomic mass is 32.2. The number of pyridine rings is 1. The number of sulfonamides is 1. The molecule has 0 saturated heterocycles. The number of amides is 1. The number of nitrogens with one attached hydrogen (secondary N) is 1. The van der Waals surface area contributed by atoms with Crippen molar-refractivity contribution in [2.75, 3.05) is 22.4 Å². The first-order chi connectivity index (χ1) is 13.4. The lowest BCUT2D eigenvalue weighted by Gasteiger charge is -2.33. The number of para-hydroxylation sites is 2. The Labute approximate surface area is 165 Å². The smallest absolute Gasteiger partial charge is 0.269 e. The van der Waals surface area contributed by atoms with Crippen LogP contribution in [0.5, 0.6) is 5.75 Å². The minimum Gasteiger partial charge on any atom is -0.476 e. The third-order valence-corrected chi connectivity index (χ3v) is 5.99. The lowest BCUT2D eigenvalue weighted by molar-refractivity contribution is -0.122. The zero-order valence-corrected chi connectivity index (χ0v) is 16.4. The largest absolute Gasteiger partial charge is 0.476 e. The molecule has 1 aliphatic heterocycles. The topological polar surface area (TPSA) is 101 Å². The number of carbonyl (C=O) groups excluding carboxylic acids is 1. The van der Waals surface area contributed by atoms with Crippen molar-refractivity contribution in [2.24, 2.45) is 0 Å². The first kappa shape index (κ1) is 18.4. The van der Waals surface area contributed by atoms with Crippen LogP contribution in [0.1, 0.15) is 0 Å². The lowest BCUT2D eigenvalue weighted by atomic mass is 10.2. The predicted octanol–water partition coefficient (Wildman–Crippen LogP) is 2.37. The number of carbonyl (C=O) groups is 1. The quantitative estimate of drug-likeness (QED) is 0.701. The predicted molar refractivity (Wildman–Crippen MR) is 107 cm³/mol. The maximum absolute atomic E-state index is 12.7. The highest BCUT2D eigenvalue weighted by Crippen LogP contribution is 2.35. The molecule has 1 N–H and O–H groups in total. The molecule has 1 aliphatic rings. The molecule has 0 aliphatic carbocycles. The van der Waals surface area contributed by atoms with Gasteiger partial charge in [0.1, 0.15) is 11.4 Å². The van der Waals surface area contributed by atoms with E-state index >= 15 is 0 Å². The van der Waals surface area contributed by atoms with E-state index in [1.54, 1.807) is 35.8 Å². The summed E-state index contributed by atoms with van der Waals surface area (Å²) >= 11 is 1.26. The molecule has 8 nitrogen and oxygen atoms in total. The number of benzene rings is 1. The van der Waals surface area contributed by atoms with E-state index in [0.717, 1.165) is 6.26 Å². The van der Waals surface area contributed by atoms with Gasteiger partial charge in [0.2, 0.25) is 10.0 Å². The third-order valence-electron chi connectivity index (χ3n) is 4.09. The van der Waals surface area contributed by atoms with Gasteiger partial charge in [0, 0.05) is 11.6 Å². The number of nitrogens with zero attached hydrogens (tertiary/aromatic N) is 3. The number of ether oxygens (including phenoxy) is 1. The molecule has 0 radical (unpaired) electrons. The van der Waals surface area contributed by atoms with Crippen LogP contribution in [0, 0.1) is 0 Å². The molecule has 0 unspecified atom stereocenters. The highest BCUT2D eigenvalue weighted by Gasteiger charge is 2.35. The molecule has 2 aromatic heterocycles. The Bertz CT molecular complexity index is 1120. The summed E-state index contributed by atoms with van der Waals surface area (Å²) in [5.41, 5.74) is 1.76. The molecule has 0 bridgehead atoms. The van der Waals surface area contributed by atoms with Crippen molar-refractivity contribution in [3.05, 3.63) is 54.0 Å². The minimum atomic E-state index is -3.56. The van der Waals surface area contributed by atoms with E-state index in [-0.39, 0.29) is 6.54 Å². The van der Waals surface area contributed by atoms with Gasteiger partial charge in [-0.1, -0.05) is 18.2 Å². The summed E-state index contributed by atoms with van der Waals surface area (Å²) in [4.78, 5) is 21.3. The fraction of sp³-hybridized carbons (Fsp3) is 0.167. The Morgan fingerprint density at radius 2 is 2.00 bits per heavy atom. The van der Waals surface area contributed by atoms with Gasteiger partial charge in [-0.25, -0.2) is 13.4 Å². The van der Waals surface area contributed by atoms with Gasteiger partial charge >= 0.3 is 0 Å². The first-order valence-electron chi connectivity index (χ1n) is 8.33. The Morgan fingerprint density at radius 1 is 1.21 bits per heavy atom. The van der Waals surface area contributed by atoms with Gasteiger partial charge in [-0.05, 0) is 24.3 Å². The molecule has 4 rings (SSSR count). The van der Waals surface area contributed by atoms with Crippen LogP contribution >= 0.6 is 11.3 Å². The van der Waals surface area contributed by atoms with Gasteiger partial charge in [0.05, 0.1) is 24.2 Å². The van der Waals surface area contributed by atoms with E-state index in [1.165, 1.54) is 15.6 Å². The summed E-state index contributed by atoms with van der Waals surface area (Å²) in [7, 11) is -3.56. The van der Waals surface area contributed by atoms with Crippen molar-refractivity contribution >= 4 is 38.1 Å². The zero-order valence-electron chi connectivity index (χ0n) is 14.8. The summed E-state index contributed by atoms with van der Waals surface area (Å²) in [5, 5.41) is 4.88. The number of rotatable bonds is 4. The summed E-state index contributed by atoms with van der Waals surface area (Å²) in [6, 6.07) is 12.2. The summed E-state index contributed by atoms with van der Waals surface area (Å²) in [6.45, 7) is -0.111.